The summed E-state index contributed by atoms with van der Waals surface area (Å²) in [7, 11) is 1.69. The minimum absolute atomic E-state index is 0.423. The maximum absolute atomic E-state index is 5.82. The molecule has 1 aliphatic heterocycles. The Hall–Kier alpha value is -2.47. The molecule has 6 nitrogen and oxygen atoms in total. The van der Waals surface area contributed by atoms with Crippen molar-refractivity contribution in [1.29, 1.82) is 0 Å². The number of hydrogen-bond acceptors (Lipinski definition) is 4. The van der Waals surface area contributed by atoms with Crippen LogP contribution in [0.4, 0.5) is 0 Å². The number of hydrogen-bond donors (Lipinski definition) is 2. The standard InChI is InChI=1S/C24H35N3O3/c1-28-21-11-9-20(10-12-21)13-16-26-24(27-17-14-23-8-5-19-30-23)25-15-4-7-22-6-2-3-18-29-22/h5,8-12,19,22H,2-4,6-7,13-18H2,1H3,(H2,25,26,27). The van der Waals surface area contributed by atoms with Crippen LogP contribution in [0.15, 0.2) is 52.1 Å². The van der Waals surface area contributed by atoms with Gasteiger partial charge in [0.15, 0.2) is 5.96 Å². The van der Waals surface area contributed by atoms with E-state index in [0.717, 1.165) is 69.4 Å². The Bertz CT molecular complexity index is 723. The summed E-state index contributed by atoms with van der Waals surface area (Å²) in [5, 5.41) is 6.89. The van der Waals surface area contributed by atoms with Crippen molar-refractivity contribution in [2.45, 2.75) is 51.0 Å². The fourth-order valence-corrected chi connectivity index (χ4v) is 3.60. The lowest BCUT2D eigenvalue weighted by Gasteiger charge is -2.22. The van der Waals surface area contributed by atoms with Gasteiger partial charge in [0.25, 0.3) is 0 Å². The summed E-state index contributed by atoms with van der Waals surface area (Å²) in [6, 6.07) is 12.1. The zero-order chi connectivity index (χ0) is 20.9. The molecule has 164 valence electrons. The Labute approximate surface area is 180 Å². The SMILES string of the molecule is COc1ccc(CCNC(=NCCCC2CCCCO2)NCCc2ccco2)cc1. The monoisotopic (exact) mass is 413 g/mol. The van der Waals surface area contributed by atoms with E-state index in [1.807, 2.05) is 24.3 Å². The number of furan rings is 1. The lowest BCUT2D eigenvalue weighted by Crippen LogP contribution is -2.39. The molecule has 3 rings (SSSR count). The third kappa shape index (κ3) is 8.11. The lowest BCUT2D eigenvalue weighted by atomic mass is 10.1. The normalized spacial score (nSPS) is 17.0. The molecule has 30 heavy (non-hydrogen) atoms. The van der Waals surface area contributed by atoms with Gasteiger partial charge in [-0.15, -0.1) is 0 Å². The summed E-state index contributed by atoms with van der Waals surface area (Å²) in [6.45, 7) is 3.33. The van der Waals surface area contributed by atoms with E-state index in [-0.39, 0.29) is 0 Å². The van der Waals surface area contributed by atoms with Gasteiger partial charge in [-0.25, -0.2) is 0 Å². The lowest BCUT2D eigenvalue weighted by molar-refractivity contribution is 0.0105. The Morgan fingerprint density at radius 1 is 1.10 bits per heavy atom. The molecule has 1 aromatic carbocycles. The van der Waals surface area contributed by atoms with E-state index >= 15 is 0 Å². The van der Waals surface area contributed by atoms with Gasteiger partial charge in [-0.2, -0.15) is 0 Å². The minimum Gasteiger partial charge on any atom is -0.497 e. The zero-order valence-corrected chi connectivity index (χ0v) is 18.1. The Kier molecular flexibility index (Phi) is 9.60. The summed E-state index contributed by atoms with van der Waals surface area (Å²) in [5.74, 6) is 2.73. The van der Waals surface area contributed by atoms with E-state index in [1.54, 1.807) is 13.4 Å². The van der Waals surface area contributed by atoms with Crippen molar-refractivity contribution in [2.75, 3.05) is 33.4 Å². The van der Waals surface area contributed by atoms with E-state index in [0.29, 0.717) is 6.10 Å². The fourth-order valence-electron chi connectivity index (χ4n) is 3.60. The minimum atomic E-state index is 0.423. The number of methoxy groups -OCH3 is 1. The van der Waals surface area contributed by atoms with Crippen molar-refractivity contribution in [2.24, 2.45) is 4.99 Å². The molecular weight excluding hydrogens is 378 g/mol. The number of nitrogens with zero attached hydrogens (tertiary/aromatic N) is 1. The number of nitrogens with one attached hydrogen (secondary N) is 2. The number of benzene rings is 1. The summed E-state index contributed by atoms with van der Waals surface area (Å²) in [5.41, 5.74) is 1.27. The fraction of sp³-hybridized carbons (Fsp3) is 0.542. The van der Waals surface area contributed by atoms with Crippen LogP contribution in [0.25, 0.3) is 0 Å². The quantitative estimate of drug-likeness (QED) is 0.332. The third-order valence-corrected chi connectivity index (χ3v) is 5.34. The number of rotatable bonds is 11. The smallest absolute Gasteiger partial charge is 0.191 e. The predicted molar refractivity (Wildman–Crippen MR) is 120 cm³/mol. The first kappa shape index (κ1) is 22.2. The maximum Gasteiger partial charge on any atom is 0.191 e. The average molecular weight is 414 g/mol. The Morgan fingerprint density at radius 2 is 1.93 bits per heavy atom. The molecule has 1 fully saturated rings. The van der Waals surface area contributed by atoms with E-state index in [1.165, 1.54) is 24.8 Å². The van der Waals surface area contributed by atoms with Crippen LogP contribution < -0.4 is 15.4 Å². The van der Waals surface area contributed by atoms with Crippen LogP contribution >= 0.6 is 0 Å². The van der Waals surface area contributed by atoms with Gasteiger partial charge in [0.1, 0.15) is 11.5 Å². The average Bonchev–Trinajstić information content (AvgIpc) is 3.31. The molecule has 0 aliphatic carbocycles. The molecule has 0 amide bonds. The molecule has 1 unspecified atom stereocenters. The van der Waals surface area contributed by atoms with Crippen LogP contribution in [0, 0.1) is 0 Å². The summed E-state index contributed by atoms with van der Waals surface area (Å²) < 4.78 is 16.5. The van der Waals surface area contributed by atoms with Gasteiger partial charge < -0.3 is 24.5 Å². The predicted octanol–water partition coefficient (Wildman–Crippen LogP) is 3.96. The number of aliphatic imine (C=N–C) groups is 1. The van der Waals surface area contributed by atoms with Crippen LogP contribution in [0.3, 0.4) is 0 Å². The Morgan fingerprint density at radius 3 is 2.63 bits per heavy atom. The van der Waals surface area contributed by atoms with Crippen molar-refractivity contribution in [3.63, 3.8) is 0 Å². The first-order valence-corrected chi connectivity index (χ1v) is 11.1. The molecule has 1 saturated heterocycles. The third-order valence-electron chi connectivity index (χ3n) is 5.34. The largest absolute Gasteiger partial charge is 0.497 e. The van der Waals surface area contributed by atoms with Gasteiger partial charge in [0.05, 0.1) is 19.5 Å². The van der Waals surface area contributed by atoms with Crippen molar-refractivity contribution < 1.29 is 13.9 Å². The maximum atomic E-state index is 5.82. The first-order chi connectivity index (χ1) is 14.8. The molecule has 1 atom stereocenters. The number of guanidine groups is 1. The van der Waals surface area contributed by atoms with Crippen molar-refractivity contribution in [3.05, 3.63) is 54.0 Å². The topological polar surface area (TPSA) is 68.0 Å². The van der Waals surface area contributed by atoms with Crippen LogP contribution in [0.1, 0.15) is 43.4 Å². The van der Waals surface area contributed by atoms with E-state index in [9.17, 15) is 0 Å². The van der Waals surface area contributed by atoms with Gasteiger partial charge in [-0.05, 0) is 68.4 Å². The van der Waals surface area contributed by atoms with Crippen LogP contribution in [-0.4, -0.2) is 45.4 Å². The molecule has 6 heteroatoms. The molecule has 1 aliphatic rings. The summed E-state index contributed by atoms with van der Waals surface area (Å²) in [4.78, 5) is 4.77. The second-order valence-electron chi connectivity index (χ2n) is 7.64. The van der Waals surface area contributed by atoms with Crippen molar-refractivity contribution in [3.8, 4) is 5.75 Å². The van der Waals surface area contributed by atoms with Crippen molar-refractivity contribution >= 4 is 5.96 Å². The highest BCUT2D eigenvalue weighted by molar-refractivity contribution is 5.79. The van der Waals surface area contributed by atoms with E-state index < -0.39 is 0 Å². The second-order valence-corrected chi connectivity index (χ2v) is 7.64. The molecule has 1 aromatic heterocycles. The highest BCUT2D eigenvalue weighted by Crippen LogP contribution is 2.16. The van der Waals surface area contributed by atoms with Gasteiger partial charge in [-0.3, -0.25) is 4.99 Å². The molecule has 2 N–H and O–H groups in total. The van der Waals surface area contributed by atoms with Gasteiger partial charge >= 0.3 is 0 Å². The molecule has 2 aromatic rings. The van der Waals surface area contributed by atoms with Gasteiger partial charge in [0.2, 0.25) is 0 Å². The Balaban J connectivity index is 1.43. The molecule has 0 spiro atoms. The molecule has 0 saturated carbocycles. The van der Waals surface area contributed by atoms with Crippen LogP contribution in [0.2, 0.25) is 0 Å². The summed E-state index contributed by atoms with van der Waals surface area (Å²) >= 11 is 0. The zero-order valence-electron chi connectivity index (χ0n) is 18.1. The van der Waals surface area contributed by atoms with Gasteiger partial charge in [-0.1, -0.05) is 12.1 Å². The van der Waals surface area contributed by atoms with Crippen molar-refractivity contribution in [1.82, 2.24) is 10.6 Å². The van der Waals surface area contributed by atoms with E-state index in [4.69, 9.17) is 18.9 Å². The molecular formula is C24H35N3O3. The first-order valence-electron chi connectivity index (χ1n) is 11.1. The highest BCUT2D eigenvalue weighted by Gasteiger charge is 2.12. The molecule has 0 radical (unpaired) electrons. The van der Waals surface area contributed by atoms with E-state index in [2.05, 4.69) is 22.8 Å². The molecule has 0 bridgehead atoms. The van der Waals surface area contributed by atoms with Crippen LogP contribution in [0.5, 0.6) is 5.75 Å². The molecule has 2 heterocycles. The highest BCUT2D eigenvalue weighted by atomic mass is 16.5. The summed E-state index contributed by atoms with van der Waals surface area (Å²) in [6.07, 6.45) is 9.73. The van der Waals surface area contributed by atoms with Crippen LogP contribution in [-0.2, 0) is 17.6 Å². The van der Waals surface area contributed by atoms with Gasteiger partial charge in [0, 0.05) is 32.7 Å². The number of ether oxygens (including phenoxy) is 2. The second kappa shape index (κ2) is 13.0.